The molecule has 4 heteroatoms. The lowest BCUT2D eigenvalue weighted by molar-refractivity contribution is 0.0597. The SMILES string of the molecule is CCCNC(c1cc(OC)ccc1OC)C(CCC)OC. The van der Waals surface area contributed by atoms with Gasteiger partial charge in [0, 0.05) is 12.7 Å². The zero-order valence-corrected chi connectivity index (χ0v) is 13.9. The van der Waals surface area contributed by atoms with Gasteiger partial charge in [0.05, 0.1) is 26.4 Å². The second-order valence-corrected chi connectivity index (χ2v) is 5.10. The molecule has 0 radical (unpaired) electrons. The van der Waals surface area contributed by atoms with Gasteiger partial charge in [-0.25, -0.2) is 0 Å². The second-order valence-electron chi connectivity index (χ2n) is 5.10. The maximum atomic E-state index is 5.72. The first-order valence-electron chi connectivity index (χ1n) is 7.69. The molecule has 0 spiro atoms. The van der Waals surface area contributed by atoms with Gasteiger partial charge in [0.1, 0.15) is 11.5 Å². The van der Waals surface area contributed by atoms with Crippen LogP contribution in [0, 0.1) is 0 Å². The summed E-state index contributed by atoms with van der Waals surface area (Å²) in [7, 11) is 5.15. The third-order valence-electron chi connectivity index (χ3n) is 3.63. The van der Waals surface area contributed by atoms with Crippen molar-refractivity contribution in [3.63, 3.8) is 0 Å². The minimum atomic E-state index is 0.0972. The summed E-state index contributed by atoms with van der Waals surface area (Å²) in [6.07, 6.45) is 3.26. The van der Waals surface area contributed by atoms with Crippen LogP contribution in [-0.4, -0.2) is 34.0 Å². The maximum absolute atomic E-state index is 5.72. The molecule has 21 heavy (non-hydrogen) atoms. The van der Waals surface area contributed by atoms with E-state index in [4.69, 9.17) is 14.2 Å². The van der Waals surface area contributed by atoms with Crippen LogP contribution in [0.5, 0.6) is 11.5 Å². The number of hydrogen-bond acceptors (Lipinski definition) is 4. The Balaban J connectivity index is 3.15. The normalized spacial score (nSPS) is 13.8. The highest BCUT2D eigenvalue weighted by Gasteiger charge is 2.25. The third-order valence-corrected chi connectivity index (χ3v) is 3.63. The lowest BCUT2D eigenvalue weighted by Gasteiger charge is -2.29. The molecule has 1 rings (SSSR count). The van der Waals surface area contributed by atoms with Crippen LogP contribution in [0.1, 0.15) is 44.7 Å². The molecule has 0 fully saturated rings. The summed E-state index contributed by atoms with van der Waals surface area (Å²) in [6.45, 7) is 5.27. The summed E-state index contributed by atoms with van der Waals surface area (Å²) in [5.41, 5.74) is 1.09. The Morgan fingerprint density at radius 1 is 1.05 bits per heavy atom. The molecule has 0 bridgehead atoms. The van der Waals surface area contributed by atoms with Crippen LogP contribution in [0.4, 0.5) is 0 Å². The molecule has 2 unspecified atom stereocenters. The predicted molar refractivity (Wildman–Crippen MR) is 86.3 cm³/mol. The fourth-order valence-electron chi connectivity index (χ4n) is 2.53. The van der Waals surface area contributed by atoms with E-state index in [1.165, 1.54) is 0 Å². The first kappa shape index (κ1) is 17.8. The van der Waals surface area contributed by atoms with Crippen molar-refractivity contribution in [1.82, 2.24) is 5.32 Å². The van der Waals surface area contributed by atoms with Gasteiger partial charge in [0.25, 0.3) is 0 Å². The number of hydrogen-bond donors (Lipinski definition) is 1. The van der Waals surface area contributed by atoms with E-state index < -0.39 is 0 Å². The zero-order valence-electron chi connectivity index (χ0n) is 13.9. The number of ether oxygens (including phenoxy) is 3. The molecule has 120 valence electrons. The summed E-state index contributed by atoms with van der Waals surface area (Å²) in [5.74, 6) is 1.70. The molecule has 0 amide bonds. The van der Waals surface area contributed by atoms with Gasteiger partial charge >= 0.3 is 0 Å². The summed E-state index contributed by atoms with van der Waals surface area (Å²) < 4.78 is 16.6. The van der Waals surface area contributed by atoms with E-state index in [-0.39, 0.29) is 12.1 Å². The number of benzene rings is 1. The molecule has 2 atom stereocenters. The minimum absolute atomic E-state index is 0.0972. The van der Waals surface area contributed by atoms with Crippen molar-refractivity contribution in [2.24, 2.45) is 0 Å². The van der Waals surface area contributed by atoms with Crippen LogP contribution < -0.4 is 14.8 Å². The molecule has 1 aromatic rings. The fourth-order valence-corrected chi connectivity index (χ4v) is 2.53. The quantitative estimate of drug-likeness (QED) is 0.716. The molecule has 1 N–H and O–H groups in total. The van der Waals surface area contributed by atoms with Gasteiger partial charge in [-0.15, -0.1) is 0 Å². The van der Waals surface area contributed by atoms with E-state index in [1.807, 2.05) is 18.2 Å². The van der Waals surface area contributed by atoms with E-state index >= 15 is 0 Å². The molecule has 0 saturated carbocycles. The molecule has 4 nitrogen and oxygen atoms in total. The molecule has 0 aliphatic carbocycles. The lowest BCUT2D eigenvalue weighted by atomic mass is 9.96. The van der Waals surface area contributed by atoms with Gasteiger partial charge in [-0.3, -0.25) is 0 Å². The van der Waals surface area contributed by atoms with E-state index in [0.29, 0.717) is 0 Å². The Hall–Kier alpha value is -1.26. The minimum Gasteiger partial charge on any atom is -0.497 e. The van der Waals surface area contributed by atoms with Crippen molar-refractivity contribution >= 4 is 0 Å². The predicted octanol–water partition coefficient (Wildman–Crippen LogP) is 3.56. The van der Waals surface area contributed by atoms with Crippen molar-refractivity contribution in [2.75, 3.05) is 27.9 Å². The van der Waals surface area contributed by atoms with Crippen molar-refractivity contribution < 1.29 is 14.2 Å². The second kappa shape index (κ2) is 9.64. The highest BCUT2D eigenvalue weighted by atomic mass is 16.5. The van der Waals surface area contributed by atoms with Gasteiger partial charge in [-0.1, -0.05) is 20.3 Å². The van der Waals surface area contributed by atoms with E-state index in [9.17, 15) is 0 Å². The van der Waals surface area contributed by atoms with Gasteiger partial charge in [0.2, 0.25) is 0 Å². The Bertz CT molecular complexity index is 409. The summed E-state index contributed by atoms with van der Waals surface area (Å²) in [5, 5.41) is 3.59. The largest absolute Gasteiger partial charge is 0.497 e. The summed E-state index contributed by atoms with van der Waals surface area (Å²) >= 11 is 0. The average molecular weight is 295 g/mol. The summed E-state index contributed by atoms with van der Waals surface area (Å²) in [4.78, 5) is 0. The van der Waals surface area contributed by atoms with Gasteiger partial charge in [-0.05, 0) is 37.6 Å². The van der Waals surface area contributed by atoms with Gasteiger partial charge < -0.3 is 19.5 Å². The molecule has 0 aliphatic heterocycles. The van der Waals surface area contributed by atoms with Crippen molar-refractivity contribution in [3.8, 4) is 11.5 Å². The highest BCUT2D eigenvalue weighted by molar-refractivity contribution is 5.42. The van der Waals surface area contributed by atoms with E-state index in [0.717, 1.165) is 42.9 Å². The number of methoxy groups -OCH3 is 3. The van der Waals surface area contributed by atoms with Gasteiger partial charge in [-0.2, -0.15) is 0 Å². The first-order valence-corrected chi connectivity index (χ1v) is 7.69. The Labute approximate surface area is 128 Å². The van der Waals surface area contributed by atoms with Crippen LogP contribution in [0.25, 0.3) is 0 Å². The molecule has 0 saturated heterocycles. The molecule has 0 heterocycles. The van der Waals surface area contributed by atoms with Crippen LogP contribution in [-0.2, 0) is 4.74 Å². The molecule has 0 aromatic heterocycles. The van der Waals surface area contributed by atoms with Crippen molar-refractivity contribution in [3.05, 3.63) is 23.8 Å². The molecule has 0 aliphatic rings. The number of nitrogens with one attached hydrogen (secondary N) is 1. The van der Waals surface area contributed by atoms with Crippen molar-refractivity contribution in [1.29, 1.82) is 0 Å². The Kier molecular flexibility index (Phi) is 8.16. The molecular weight excluding hydrogens is 266 g/mol. The standard InChI is InChI=1S/C17H29NO3/c1-6-8-16(21-5)17(18-11-7-2)14-12-13(19-3)9-10-15(14)20-4/h9-10,12,16-18H,6-8,11H2,1-5H3. The Morgan fingerprint density at radius 3 is 2.33 bits per heavy atom. The zero-order chi connectivity index (χ0) is 15.7. The topological polar surface area (TPSA) is 39.7 Å². The average Bonchev–Trinajstić information content (AvgIpc) is 2.53. The van der Waals surface area contributed by atoms with E-state index in [1.54, 1.807) is 21.3 Å². The smallest absolute Gasteiger partial charge is 0.124 e. The third kappa shape index (κ3) is 4.90. The highest BCUT2D eigenvalue weighted by Crippen LogP contribution is 2.33. The molecule has 1 aromatic carbocycles. The van der Waals surface area contributed by atoms with Crippen LogP contribution >= 0.6 is 0 Å². The van der Waals surface area contributed by atoms with E-state index in [2.05, 4.69) is 19.2 Å². The fraction of sp³-hybridized carbons (Fsp3) is 0.647. The maximum Gasteiger partial charge on any atom is 0.124 e. The first-order chi connectivity index (χ1) is 10.2. The summed E-state index contributed by atoms with van der Waals surface area (Å²) in [6, 6.07) is 6.00. The van der Waals surface area contributed by atoms with Crippen LogP contribution in [0.3, 0.4) is 0 Å². The van der Waals surface area contributed by atoms with Crippen LogP contribution in [0.2, 0.25) is 0 Å². The monoisotopic (exact) mass is 295 g/mol. The van der Waals surface area contributed by atoms with Gasteiger partial charge in [0.15, 0.2) is 0 Å². The number of rotatable bonds is 10. The Morgan fingerprint density at radius 2 is 1.81 bits per heavy atom. The molecular formula is C17H29NO3. The lowest BCUT2D eigenvalue weighted by Crippen LogP contribution is -2.34. The van der Waals surface area contributed by atoms with Crippen molar-refractivity contribution in [2.45, 2.75) is 45.3 Å². The van der Waals surface area contributed by atoms with Crippen LogP contribution in [0.15, 0.2) is 18.2 Å².